The van der Waals surface area contributed by atoms with E-state index >= 15 is 0 Å². The molecular formula is C78H118N2O18. The summed E-state index contributed by atoms with van der Waals surface area (Å²) in [6.45, 7) is 36.0. The Morgan fingerprint density at radius 2 is 1.48 bits per heavy atom. The number of carbonyl (C=O) groups is 6. The van der Waals surface area contributed by atoms with Crippen LogP contribution in [0, 0.1) is 64.1 Å². The van der Waals surface area contributed by atoms with Gasteiger partial charge in [-0.05, 0) is 201 Å². The fraction of sp³-hybridized carbons (Fsp3) is 0.718. The molecular weight excluding hydrogens is 1250 g/mol. The first kappa shape index (κ1) is 80.1. The molecule has 4 saturated carbocycles. The second-order valence-electron chi connectivity index (χ2n) is 32.4. The number of fused-ring (bicyclic) bond motifs is 7. The largest absolute Gasteiger partial charge is 0.481 e. The molecule has 98 heavy (non-hydrogen) atoms. The van der Waals surface area contributed by atoms with Gasteiger partial charge >= 0.3 is 23.9 Å². The summed E-state index contributed by atoms with van der Waals surface area (Å²) in [7, 11) is 0. The first-order valence-corrected chi connectivity index (χ1v) is 35.8. The van der Waals surface area contributed by atoms with Crippen molar-refractivity contribution < 1.29 is 88.2 Å². The number of aldehydes is 1. The average molecular weight is 1370 g/mol. The number of esters is 2. The number of ketones is 1. The molecule has 0 radical (unpaired) electrons. The van der Waals surface area contributed by atoms with Crippen LogP contribution in [0.25, 0.3) is 0 Å². The number of aliphatic hydroxyl groups excluding tert-OH is 4. The molecule has 6 aliphatic rings. The van der Waals surface area contributed by atoms with Crippen molar-refractivity contribution in [2.24, 2.45) is 50.2 Å². The Balaban J connectivity index is 1.14. The van der Waals surface area contributed by atoms with Crippen LogP contribution in [-0.4, -0.2) is 170 Å². The molecule has 20 nitrogen and oxygen atoms in total. The lowest BCUT2D eigenvalue weighted by molar-refractivity contribution is -0.314. The topological polar surface area (TPSA) is 314 Å². The molecule has 17 unspecified atom stereocenters. The number of hydrogen-bond donors (Lipinski definition) is 9. The zero-order valence-corrected chi connectivity index (χ0v) is 61.0. The van der Waals surface area contributed by atoms with Gasteiger partial charge in [-0.25, -0.2) is 9.59 Å². The maximum absolute atomic E-state index is 14.7. The minimum Gasteiger partial charge on any atom is -0.481 e. The van der Waals surface area contributed by atoms with Crippen LogP contribution < -0.4 is 10.6 Å². The Labute approximate surface area is 581 Å². The van der Waals surface area contributed by atoms with Crippen molar-refractivity contribution in [1.29, 1.82) is 0 Å². The quantitative estimate of drug-likeness (QED) is 0.0137. The molecule has 0 aromatic heterocycles. The zero-order valence-electron chi connectivity index (χ0n) is 61.0. The Morgan fingerprint density at radius 3 is 2.10 bits per heavy atom. The van der Waals surface area contributed by atoms with Crippen molar-refractivity contribution in [3.63, 3.8) is 0 Å². The van der Waals surface area contributed by atoms with Crippen molar-refractivity contribution in [3.05, 3.63) is 95.1 Å². The summed E-state index contributed by atoms with van der Waals surface area (Å²) >= 11 is 0. The molecule has 7 rings (SSSR count). The van der Waals surface area contributed by atoms with E-state index in [0.29, 0.717) is 44.5 Å². The van der Waals surface area contributed by atoms with E-state index in [9.17, 15) is 64.5 Å². The summed E-state index contributed by atoms with van der Waals surface area (Å²) in [5.74, 6) is -3.88. The van der Waals surface area contributed by atoms with Gasteiger partial charge in [0, 0.05) is 35.8 Å². The van der Waals surface area contributed by atoms with Gasteiger partial charge in [0.25, 0.3) is 0 Å². The van der Waals surface area contributed by atoms with Gasteiger partial charge in [-0.15, -0.1) is 13.2 Å². The number of carboxylic acid groups (broad SMARTS) is 2. The third-order valence-electron chi connectivity index (χ3n) is 25.1. The number of carboxylic acids is 2. The van der Waals surface area contributed by atoms with Gasteiger partial charge in [0.05, 0.1) is 66.4 Å². The minimum atomic E-state index is -1.67. The number of rotatable bonds is 33. The Bertz CT molecular complexity index is 3130. The Hall–Kier alpha value is -5.26. The van der Waals surface area contributed by atoms with Gasteiger partial charge in [-0.3, -0.25) is 19.7 Å². The lowest BCUT2D eigenvalue weighted by Gasteiger charge is -2.72. The van der Waals surface area contributed by atoms with E-state index in [1.54, 1.807) is 46.8 Å². The number of aryl methyl sites for hydroxylation is 2. The predicted octanol–water partition coefficient (Wildman–Crippen LogP) is 10.0. The van der Waals surface area contributed by atoms with Crippen molar-refractivity contribution in [3.8, 4) is 0 Å². The number of benzene rings is 1. The van der Waals surface area contributed by atoms with Crippen LogP contribution in [0.2, 0.25) is 0 Å². The van der Waals surface area contributed by atoms with E-state index in [0.717, 1.165) is 38.5 Å². The molecule has 1 aromatic carbocycles. The van der Waals surface area contributed by atoms with Crippen LogP contribution in [0.3, 0.4) is 0 Å². The number of aliphatic carboxylic acids is 2. The average Bonchev–Trinajstić information content (AvgIpc) is 0.673. The van der Waals surface area contributed by atoms with Crippen molar-refractivity contribution >= 4 is 35.9 Å². The zero-order chi connectivity index (χ0) is 72.9. The lowest BCUT2D eigenvalue weighted by Crippen LogP contribution is -2.69. The summed E-state index contributed by atoms with van der Waals surface area (Å²) in [6, 6.07) is 3.37. The standard InChI is InChI=1S/C78H118N2O18/c1-17-73(12,93)35-20-24-48(5)68(91)97-67-50(7)95-70(66(90)65(67)89)98-74(13,18-2)36-21-25-51(43-81)69(92)96-61-42-78(45-79-56(28-31-63(86)87)64(88)49(6)80-52(44-82)26-30-62(84)85)55(40-71(61,8)9)54-27-29-58-75(14)37-33-60(94-39-34-53-46(3)22-19-23-47(53)4)72(10,11)57(75)32-38-76(58,15)77(54,16)41-59(78)83/h17-19,22-25,27,44,49-50,52,55-61,65-67,70,79-81,83,89-90,93H,1-2,20-21,26,28-43,45H2,3-16H3,(H,84,85)(H,86,87)/b48-24+,51-25+/t49?,50?,52-,55?,56+,57?,58?,59?,60?,61?,65?,66?,67?,70?,73?,74-,75?,76?,77?,78?/m1/s1. The number of allylic oxidation sites excluding steroid dienone is 4. The molecule has 0 amide bonds. The highest BCUT2D eigenvalue weighted by molar-refractivity contribution is 5.90. The lowest BCUT2D eigenvalue weighted by atomic mass is 9.33. The van der Waals surface area contributed by atoms with E-state index in [1.165, 1.54) is 34.4 Å². The summed E-state index contributed by atoms with van der Waals surface area (Å²) in [5.41, 5.74) is 0.183. The van der Waals surface area contributed by atoms with Crippen molar-refractivity contribution in [2.75, 3.05) is 19.8 Å². The Kier molecular flexibility index (Phi) is 26.1. The maximum atomic E-state index is 14.7. The van der Waals surface area contributed by atoms with E-state index in [1.807, 2.05) is 13.8 Å². The molecule has 1 saturated heterocycles. The third-order valence-corrected chi connectivity index (χ3v) is 25.1. The molecule has 0 bridgehead atoms. The number of aliphatic hydroxyl groups is 5. The van der Waals surface area contributed by atoms with Gasteiger partial charge < -0.3 is 69.5 Å². The van der Waals surface area contributed by atoms with Gasteiger partial charge in [0.1, 0.15) is 24.6 Å². The molecule has 5 aliphatic carbocycles. The summed E-state index contributed by atoms with van der Waals surface area (Å²) in [5, 5.41) is 83.1. The molecule has 548 valence electrons. The maximum Gasteiger partial charge on any atom is 0.336 e. The summed E-state index contributed by atoms with van der Waals surface area (Å²) in [4.78, 5) is 78.3. The van der Waals surface area contributed by atoms with Crippen LogP contribution in [0.5, 0.6) is 0 Å². The van der Waals surface area contributed by atoms with Gasteiger partial charge in [0.15, 0.2) is 18.2 Å². The first-order chi connectivity index (χ1) is 45.7. The van der Waals surface area contributed by atoms with Crippen LogP contribution in [0.1, 0.15) is 203 Å². The first-order valence-electron chi connectivity index (χ1n) is 35.8. The molecule has 1 heterocycles. The van der Waals surface area contributed by atoms with Crippen molar-refractivity contribution in [2.45, 2.75) is 284 Å². The highest BCUT2D eigenvalue weighted by Gasteiger charge is 2.71. The number of Topliss-reactive ketones (excluding diaryl/α,β-unsaturated/α-hetero) is 1. The molecule has 20 heteroatoms. The molecule has 0 spiro atoms. The predicted molar refractivity (Wildman–Crippen MR) is 372 cm³/mol. The molecule has 1 aromatic rings. The molecule has 9 N–H and O–H groups in total. The highest BCUT2D eigenvalue weighted by atomic mass is 16.7. The highest BCUT2D eigenvalue weighted by Crippen LogP contribution is 2.76. The van der Waals surface area contributed by atoms with Crippen LogP contribution in [0.4, 0.5) is 0 Å². The van der Waals surface area contributed by atoms with Crippen LogP contribution in [-0.2, 0) is 58.9 Å². The normalized spacial score (nSPS) is 34.2. The smallest absolute Gasteiger partial charge is 0.336 e. The van der Waals surface area contributed by atoms with E-state index in [2.05, 4.69) is 96.5 Å². The summed E-state index contributed by atoms with van der Waals surface area (Å²) < 4.78 is 31.4. The second kappa shape index (κ2) is 32.0. The molecule has 1 aliphatic heterocycles. The number of hydrogen-bond acceptors (Lipinski definition) is 18. The number of carbonyl (C=O) groups excluding carboxylic acids is 4. The Morgan fingerprint density at radius 1 is 0.827 bits per heavy atom. The van der Waals surface area contributed by atoms with Crippen molar-refractivity contribution in [1.82, 2.24) is 10.6 Å². The summed E-state index contributed by atoms with van der Waals surface area (Å²) in [6.07, 6.45) is 6.89. The van der Waals surface area contributed by atoms with E-state index < -0.39 is 125 Å². The molecule has 5 fully saturated rings. The number of nitrogens with one attached hydrogen (secondary N) is 2. The van der Waals surface area contributed by atoms with Gasteiger partial charge in [0.2, 0.25) is 0 Å². The third kappa shape index (κ3) is 17.1. The number of ether oxygens (including phenoxy) is 5. The fourth-order valence-corrected chi connectivity index (χ4v) is 18.5. The molecule has 20 atom stereocenters. The van der Waals surface area contributed by atoms with Crippen LogP contribution >= 0.6 is 0 Å². The van der Waals surface area contributed by atoms with Gasteiger partial charge in [-0.2, -0.15) is 0 Å². The fourth-order valence-electron chi connectivity index (χ4n) is 18.5. The SMILES string of the molecule is C=CC(C)(O)CC/C=C(\C)C(=O)OC1C(C)OC(O[C@](C)(C=C)CC/C=C(\CO)C(=O)OC2CC3(CN[C@@H](CCC(=O)O)C(=O)C(C)N[C@@H](C=O)CCC(=O)O)C(O)CC4(C)C(=CCC5C6(C)CCC(OCCc7c(C)cccc7C)C(C)(C)C6CCC54C)C3CC2(C)C)C(O)C1O. The van der Waals surface area contributed by atoms with E-state index in [4.69, 9.17) is 23.7 Å². The minimum absolute atomic E-state index is 0.0114. The van der Waals surface area contributed by atoms with E-state index in [-0.39, 0.29) is 96.8 Å². The van der Waals surface area contributed by atoms with Crippen LogP contribution in [0.15, 0.2) is 78.5 Å². The monoisotopic (exact) mass is 1370 g/mol. The van der Waals surface area contributed by atoms with Gasteiger partial charge in [-0.1, -0.05) is 103 Å². The second-order valence-corrected chi connectivity index (χ2v) is 32.4.